The molecule has 24 heavy (non-hydrogen) atoms. The summed E-state index contributed by atoms with van der Waals surface area (Å²) in [5.41, 5.74) is 2.12. The molecule has 2 aromatic rings. The summed E-state index contributed by atoms with van der Waals surface area (Å²) < 4.78 is 14.3. The van der Waals surface area contributed by atoms with Gasteiger partial charge in [-0.05, 0) is 36.1 Å². The number of anilines is 1. The average Bonchev–Trinajstić information content (AvgIpc) is 3.05. The first-order valence-corrected chi connectivity index (χ1v) is 8.19. The van der Waals surface area contributed by atoms with Crippen LogP contribution >= 0.6 is 11.6 Å². The zero-order chi connectivity index (χ0) is 16.8. The molecular weight excluding hydrogens is 329 g/mol. The standard InChI is InChI=1S/C19H15ClFNO2/c20-14-9-8-13(19(23)24)16-10-5-3-6-11(10)17(22-18(14)16)12-4-1-2-7-15(12)21/h1-5,7-11,17,22H,6H2,(H,23,24)/t10-,11-,17+/m1/s1. The van der Waals surface area contributed by atoms with Crippen molar-refractivity contribution in [3.63, 3.8) is 0 Å². The van der Waals surface area contributed by atoms with E-state index in [4.69, 9.17) is 11.6 Å². The minimum atomic E-state index is -0.979. The van der Waals surface area contributed by atoms with E-state index < -0.39 is 5.97 Å². The fourth-order valence-electron chi connectivity index (χ4n) is 3.90. The average molecular weight is 344 g/mol. The van der Waals surface area contributed by atoms with E-state index in [-0.39, 0.29) is 29.3 Å². The van der Waals surface area contributed by atoms with Crippen molar-refractivity contribution in [1.82, 2.24) is 0 Å². The van der Waals surface area contributed by atoms with E-state index in [0.29, 0.717) is 21.8 Å². The van der Waals surface area contributed by atoms with E-state index in [1.54, 1.807) is 18.2 Å². The van der Waals surface area contributed by atoms with Crippen molar-refractivity contribution >= 4 is 23.3 Å². The second kappa shape index (κ2) is 5.64. The Kier molecular flexibility index (Phi) is 3.57. The van der Waals surface area contributed by atoms with Crippen molar-refractivity contribution < 1.29 is 14.3 Å². The molecule has 0 saturated heterocycles. The lowest BCUT2D eigenvalue weighted by Gasteiger charge is -2.38. The summed E-state index contributed by atoms with van der Waals surface area (Å²) in [6.45, 7) is 0. The first kappa shape index (κ1) is 15.2. The number of nitrogens with one attached hydrogen (secondary N) is 1. The van der Waals surface area contributed by atoms with Crippen LogP contribution < -0.4 is 5.32 Å². The third kappa shape index (κ3) is 2.21. The summed E-state index contributed by atoms with van der Waals surface area (Å²) in [4.78, 5) is 11.6. The van der Waals surface area contributed by atoms with Crippen molar-refractivity contribution in [3.8, 4) is 0 Å². The van der Waals surface area contributed by atoms with E-state index in [1.807, 2.05) is 18.2 Å². The molecule has 1 heterocycles. The summed E-state index contributed by atoms with van der Waals surface area (Å²) >= 11 is 6.33. The van der Waals surface area contributed by atoms with Crippen LogP contribution in [0.3, 0.4) is 0 Å². The van der Waals surface area contributed by atoms with Gasteiger partial charge in [-0.1, -0.05) is 42.0 Å². The number of benzene rings is 2. The highest BCUT2D eigenvalue weighted by molar-refractivity contribution is 6.33. The van der Waals surface area contributed by atoms with E-state index in [0.717, 1.165) is 6.42 Å². The number of hydrogen-bond acceptors (Lipinski definition) is 2. The zero-order valence-corrected chi connectivity index (χ0v) is 13.4. The van der Waals surface area contributed by atoms with Gasteiger partial charge < -0.3 is 10.4 Å². The number of rotatable bonds is 2. The van der Waals surface area contributed by atoms with Gasteiger partial charge in [-0.2, -0.15) is 0 Å². The highest BCUT2D eigenvalue weighted by Gasteiger charge is 2.41. The Bertz CT molecular complexity index is 864. The molecule has 122 valence electrons. The second-order valence-electron chi connectivity index (χ2n) is 6.19. The third-order valence-electron chi connectivity index (χ3n) is 4.94. The molecule has 2 N–H and O–H groups in total. The maximum atomic E-state index is 14.3. The molecular formula is C19H15ClFNO2. The minimum Gasteiger partial charge on any atom is -0.478 e. The Morgan fingerprint density at radius 1 is 1.25 bits per heavy atom. The molecule has 2 aliphatic rings. The maximum absolute atomic E-state index is 14.3. The van der Waals surface area contributed by atoms with E-state index in [2.05, 4.69) is 5.32 Å². The predicted molar refractivity (Wildman–Crippen MR) is 91.2 cm³/mol. The highest BCUT2D eigenvalue weighted by atomic mass is 35.5. The Balaban J connectivity index is 1.90. The number of allylic oxidation sites excluding steroid dienone is 2. The van der Waals surface area contributed by atoms with Crippen LogP contribution in [0, 0.1) is 11.7 Å². The molecule has 0 radical (unpaired) electrons. The molecule has 3 nitrogen and oxygen atoms in total. The number of halogens is 2. The van der Waals surface area contributed by atoms with Crippen LogP contribution in [0.4, 0.5) is 10.1 Å². The van der Waals surface area contributed by atoms with Crippen molar-refractivity contribution in [3.05, 3.63) is 76.1 Å². The molecule has 3 atom stereocenters. The molecule has 4 rings (SSSR count). The van der Waals surface area contributed by atoms with E-state index in [1.165, 1.54) is 12.1 Å². The summed E-state index contributed by atoms with van der Waals surface area (Å²) in [5, 5.41) is 13.3. The summed E-state index contributed by atoms with van der Waals surface area (Å²) in [6.07, 6.45) is 4.81. The molecule has 0 aromatic heterocycles. The van der Waals surface area contributed by atoms with Crippen molar-refractivity contribution in [2.45, 2.75) is 18.4 Å². The monoisotopic (exact) mass is 343 g/mol. The topological polar surface area (TPSA) is 49.3 Å². The van der Waals surface area contributed by atoms with E-state index in [9.17, 15) is 14.3 Å². The second-order valence-corrected chi connectivity index (χ2v) is 6.59. The van der Waals surface area contributed by atoms with Crippen LogP contribution in [-0.4, -0.2) is 11.1 Å². The molecule has 1 aliphatic heterocycles. The van der Waals surface area contributed by atoms with Crippen LogP contribution in [0.5, 0.6) is 0 Å². The largest absolute Gasteiger partial charge is 0.478 e. The van der Waals surface area contributed by atoms with E-state index >= 15 is 0 Å². The smallest absolute Gasteiger partial charge is 0.336 e. The van der Waals surface area contributed by atoms with Gasteiger partial charge in [0.2, 0.25) is 0 Å². The first-order valence-electron chi connectivity index (χ1n) is 7.81. The number of carboxylic acid groups (broad SMARTS) is 1. The van der Waals surface area contributed by atoms with Crippen LogP contribution in [0.15, 0.2) is 48.6 Å². The number of carboxylic acids is 1. The Morgan fingerprint density at radius 3 is 2.79 bits per heavy atom. The zero-order valence-electron chi connectivity index (χ0n) is 12.7. The lowest BCUT2D eigenvalue weighted by Crippen LogP contribution is -2.31. The normalized spacial score (nSPS) is 24.2. The number of hydrogen-bond donors (Lipinski definition) is 2. The van der Waals surface area contributed by atoms with Gasteiger partial charge in [0, 0.05) is 11.5 Å². The summed E-state index contributed by atoms with van der Waals surface area (Å²) in [7, 11) is 0. The fraction of sp³-hybridized carbons (Fsp3) is 0.211. The van der Waals surface area contributed by atoms with Crippen LogP contribution in [0.1, 0.15) is 39.9 Å². The number of fused-ring (bicyclic) bond motifs is 3. The van der Waals surface area contributed by atoms with Gasteiger partial charge in [-0.3, -0.25) is 0 Å². The van der Waals surface area contributed by atoms with Gasteiger partial charge in [-0.15, -0.1) is 0 Å². The summed E-state index contributed by atoms with van der Waals surface area (Å²) in [6, 6.07) is 9.55. The van der Waals surface area contributed by atoms with Crippen LogP contribution in [-0.2, 0) is 0 Å². The number of aromatic carboxylic acids is 1. The molecule has 0 unspecified atom stereocenters. The first-order chi connectivity index (χ1) is 11.6. The number of carbonyl (C=O) groups is 1. The van der Waals surface area contributed by atoms with Crippen LogP contribution in [0.25, 0.3) is 0 Å². The maximum Gasteiger partial charge on any atom is 0.336 e. The van der Waals surface area contributed by atoms with Crippen LogP contribution in [0.2, 0.25) is 5.02 Å². The highest BCUT2D eigenvalue weighted by Crippen LogP contribution is 2.52. The third-order valence-corrected chi connectivity index (χ3v) is 5.25. The Hall–Kier alpha value is -2.33. The molecule has 0 saturated carbocycles. The SMILES string of the molecule is O=C(O)c1ccc(Cl)c2c1[C@@H]1C=CC[C@H]1[C@@H](c1ccccc1F)N2. The predicted octanol–water partition coefficient (Wildman–Crippen LogP) is 5.00. The molecule has 2 aromatic carbocycles. The Morgan fingerprint density at radius 2 is 2.04 bits per heavy atom. The fourth-order valence-corrected chi connectivity index (χ4v) is 4.12. The van der Waals surface area contributed by atoms with Crippen molar-refractivity contribution in [2.24, 2.45) is 5.92 Å². The van der Waals surface area contributed by atoms with Gasteiger partial charge in [0.1, 0.15) is 5.82 Å². The Labute approximate surface area is 143 Å². The minimum absolute atomic E-state index is 0.0611. The quantitative estimate of drug-likeness (QED) is 0.754. The van der Waals surface area contributed by atoms with Gasteiger partial charge in [0.15, 0.2) is 0 Å². The lowest BCUT2D eigenvalue weighted by atomic mass is 9.75. The van der Waals surface area contributed by atoms with Crippen molar-refractivity contribution in [2.75, 3.05) is 5.32 Å². The van der Waals surface area contributed by atoms with Gasteiger partial charge in [-0.25, -0.2) is 9.18 Å². The summed E-state index contributed by atoms with van der Waals surface area (Å²) in [5.74, 6) is -1.27. The molecule has 5 heteroatoms. The molecule has 1 aliphatic carbocycles. The van der Waals surface area contributed by atoms with Gasteiger partial charge in [0.25, 0.3) is 0 Å². The van der Waals surface area contributed by atoms with Gasteiger partial charge >= 0.3 is 5.97 Å². The molecule has 0 fully saturated rings. The molecule has 0 bridgehead atoms. The molecule has 0 spiro atoms. The molecule has 0 amide bonds. The van der Waals surface area contributed by atoms with Crippen molar-refractivity contribution in [1.29, 1.82) is 0 Å². The lowest BCUT2D eigenvalue weighted by molar-refractivity contribution is 0.0695. The van der Waals surface area contributed by atoms with Gasteiger partial charge in [0.05, 0.1) is 22.3 Å².